The molecule has 0 aromatic carbocycles. The first kappa shape index (κ1) is 12.9. The van der Waals surface area contributed by atoms with Crippen LogP contribution in [-0.2, 0) is 9.47 Å². The maximum absolute atomic E-state index is 11.6. The number of alkyl halides is 1. The molecule has 0 saturated heterocycles. The molecule has 0 amide bonds. The van der Waals surface area contributed by atoms with Gasteiger partial charge >= 0.3 is 0 Å². The van der Waals surface area contributed by atoms with E-state index in [0.29, 0.717) is 26.4 Å². The van der Waals surface area contributed by atoms with E-state index >= 15 is 0 Å². The zero-order chi connectivity index (χ0) is 11.5. The molecule has 0 fully saturated rings. The van der Waals surface area contributed by atoms with Gasteiger partial charge in [0.05, 0.1) is 26.4 Å². The molecule has 4 nitrogen and oxygen atoms in total. The largest absolute Gasteiger partial charge is 0.491 e. The predicted octanol–water partition coefficient (Wildman–Crippen LogP) is 1.46. The lowest BCUT2D eigenvalue weighted by atomic mass is 10.4. The lowest BCUT2D eigenvalue weighted by molar-refractivity contribution is 0.0325. The van der Waals surface area contributed by atoms with Gasteiger partial charge in [-0.1, -0.05) is 0 Å². The van der Waals surface area contributed by atoms with Crippen molar-refractivity contribution in [1.82, 2.24) is 4.98 Å². The fourth-order valence-electron chi connectivity index (χ4n) is 1.03. The third-order valence-electron chi connectivity index (χ3n) is 1.74. The molecule has 0 N–H and O–H groups in total. The van der Waals surface area contributed by atoms with Gasteiger partial charge in [0.1, 0.15) is 19.0 Å². The molecule has 1 aromatic heterocycles. The van der Waals surface area contributed by atoms with E-state index in [-0.39, 0.29) is 6.61 Å². The van der Waals surface area contributed by atoms with Gasteiger partial charge in [0.15, 0.2) is 0 Å². The minimum absolute atomic E-state index is 0.136. The van der Waals surface area contributed by atoms with Crippen LogP contribution in [0.3, 0.4) is 0 Å². The third kappa shape index (κ3) is 6.31. The summed E-state index contributed by atoms with van der Waals surface area (Å²) in [6, 6.07) is 3.56. The van der Waals surface area contributed by atoms with Gasteiger partial charge in [-0.15, -0.1) is 0 Å². The predicted molar refractivity (Wildman–Crippen MR) is 57.3 cm³/mol. The first-order valence-corrected chi connectivity index (χ1v) is 5.18. The van der Waals surface area contributed by atoms with E-state index in [0.717, 1.165) is 5.75 Å². The highest BCUT2D eigenvalue weighted by atomic mass is 19.1. The van der Waals surface area contributed by atoms with Crippen molar-refractivity contribution in [2.45, 2.75) is 0 Å². The standard InChI is InChI=1S/C11H16FNO3/c12-3-6-14-7-8-15-9-10-16-11-1-4-13-5-2-11/h1-2,4-5H,3,6-10H2. The van der Waals surface area contributed by atoms with Gasteiger partial charge in [-0.05, 0) is 12.1 Å². The summed E-state index contributed by atoms with van der Waals surface area (Å²) in [5.74, 6) is 0.771. The highest BCUT2D eigenvalue weighted by molar-refractivity contribution is 5.16. The Balaban J connectivity index is 1.89. The topological polar surface area (TPSA) is 40.6 Å². The summed E-state index contributed by atoms with van der Waals surface area (Å²) in [6.45, 7) is 1.52. The zero-order valence-corrected chi connectivity index (χ0v) is 9.10. The van der Waals surface area contributed by atoms with Crippen LogP contribution in [0, 0.1) is 0 Å². The highest BCUT2D eigenvalue weighted by Crippen LogP contribution is 2.05. The van der Waals surface area contributed by atoms with Crippen molar-refractivity contribution in [1.29, 1.82) is 0 Å². The Labute approximate surface area is 94.3 Å². The Morgan fingerprint density at radius 2 is 1.56 bits per heavy atom. The van der Waals surface area contributed by atoms with E-state index in [1.165, 1.54) is 0 Å². The van der Waals surface area contributed by atoms with Crippen LogP contribution in [0.2, 0.25) is 0 Å². The van der Waals surface area contributed by atoms with Crippen molar-refractivity contribution in [3.63, 3.8) is 0 Å². The number of halogens is 1. The summed E-state index contributed by atoms with van der Waals surface area (Å²) in [7, 11) is 0. The summed E-state index contributed by atoms with van der Waals surface area (Å²) in [5.41, 5.74) is 0. The number of hydrogen-bond acceptors (Lipinski definition) is 4. The number of hydrogen-bond donors (Lipinski definition) is 0. The minimum atomic E-state index is -0.453. The lowest BCUT2D eigenvalue weighted by Crippen LogP contribution is -2.11. The zero-order valence-electron chi connectivity index (χ0n) is 9.10. The fourth-order valence-corrected chi connectivity index (χ4v) is 1.03. The van der Waals surface area contributed by atoms with Gasteiger partial charge in [-0.3, -0.25) is 4.98 Å². The molecule has 5 heteroatoms. The van der Waals surface area contributed by atoms with Gasteiger partial charge in [0.2, 0.25) is 0 Å². The van der Waals surface area contributed by atoms with Gasteiger partial charge in [0, 0.05) is 12.4 Å². The van der Waals surface area contributed by atoms with Gasteiger partial charge in [-0.25, -0.2) is 4.39 Å². The normalized spacial score (nSPS) is 10.3. The maximum atomic E-state index is 11.6. The van der Waals surface area contributed by atoms with E-state index in [2.05, 4.69) is 4.98 Å². The first-order chi connectivity index (χ1) is 7.93. The van der Waals surface area contributed by atoms with Crippen LogP contribution in [0.1, 0.15) is 0 Å². The molecule has 0 unspecified atom stereocenters. The third-order valence-corrected chi connectivity index (χ3v) is 1.74. The second kappa shape index (κ2) is 9.06. The van der Waals surface area contributed by atoms with Crippen molar-refractivity contribution in [3.8, 4) is 5.75 Å². The first-order valence-electron chi connectivity index (χ1n) is 5.18. The number of aromatic nitrogens is 1. The Morgan fingerprint density at radius 1 is 0.938 bits per heavy atom. The molecule has 0 saturated carbocycles. The molecule has 1 aromatic rings. The van der Waals surface area contributed by atoms with Crippen LogP contribution in [0.25, 0.3) is 0 Å². The summed E-state index contributed by atoms with van der Waals surface area (Å²) < 4.78 is 27.1. The smallest absolute Gasteiger partial charge is 0.122 e. The molecular formula is C11H16FNO3. The Hall–Kier alpha value is -1.20. The Kier molecular flexibility index (Phi) is 7.28. The summed E-state index contributed by atoms with van der Waals surface area (Å²) in [5, 5.41) is 0. The number of nitrogens with zero attached hydrogens (tertiary/aromatic N) is 1. The second-order valence-electron chi connectivity index (χ2n) is 2.95. The molecule has 0 aliphatic heterocycles. The number of rotatable bonds is 9. The second-order valence-corrected chi connectivity index (χ2v) is 2.95. The molecule has 0 spiro atoms. The molecule has 1 rings (SSSR count). The molecule has 16 heavy (non-hydrogen) atoms. The van der Waals surface area contributed by atoms with Gasteiger partial charge < -0.3 is 14.2 Å². The summed E-state index contributed by atoms with van der Waals surface area (Å²) in [4.78, 5) is 3.87. The maximum Gasteiger partial charge on any atom is 0.122 e. The Bertz CT molecular complexity index is 259. The molecule has 1 heterocycles. The van der Waals surface area contributed by atoms with Crippen molar-refractivity contribution >= 4 is 0 Å². The minimum Gasteiger partial charge on any atom is -0.491 e. The van der Waals surface area contributed by atoms with Crippen LogP contribution in [0.5, 0.6) is 5.75 Å². The number of pyridine rings is 1. The molecule has 0 aliphatic carbocycles. The molecule has 0 radical (unpaired) electrons. The molecule has 90 valence electrons. The van der Waals surface area contributed by atoms with Crippen molar-refractivity contribution in [3.05, 3.63) is 24.5 Å². The molecule has 0 aliphatic rings. The van der Waals surface area contributed by atoms with Crippen molar-refractivity contribution < 1.29 is 18.6 Å². The Morgan fingerprint density at radius 3 is 2.25 bits per heavy atom. The quantitative estimate of drug-likeness (QED) is 0.601. The van der Waals surface area contributed by atoms with E-state index < -0.39 is 6.67 Å². The average molecular weight is 229 g/mol. The average Bonchev–Trinajstić information content (AvgIpc) is 2.34. The van der Waals surface area contributed by atoms with Gasteiger partial charge in [-0.2, -0.15) is 0 Å². The van der Waals surface area contributed by atoms with Crippen LogP contribution >= 0.6 is 0 Å². The summed E-state index contributed by atoms with van der Waals surface area (Å²) >= 11 is 0. The van der Waals surface area contributed by atoms with E-state index in [9.17, 15) is 4.39 Å². The SMILES string of the molecule is FCCOCCOCCOc1ccncc1. The molecule has 0 bridgehead atoms. The van der Waals surface area contributed by atoms with E-state index in [1.54, 1.807) is 24.5 Å². The number of ether oxygens (including phenoxy) is 3. The highest BCUT2D eigenvalue weighted by Gasteiger charge is 1.93. The van der Waals surface area contributed by atoms with Crippen molar-refractivity contribution in [2.75, 3.05) is 39.7 Å². The lowest BCUT2D eigenvalue weighted by Gasteiger charge is -2.06. The van der Waals surface area contributed by atoms with Gasteiger partial charge in [0.25, 0.3) is 0 Å². The monoisotopic (exact) mass is 229 g/mol. The molecular weight excluding hydrogens is 213 g/mol. The van der Waals surface area contributed by atoms with E-state index in [4.69, 9.17) is 14.2 Å². The van der Waals surface area contributed by atoms with Crippen LogP contribution < -0.4 is 4.74 Å². The summed E-state index contributed by atoms with van der Waals surface area (Å²) in [6.07, 6.45) is 3.34. The fraction of sp³-hybridized carbons (Fsp3) is 0.545. The van der Waals surface area contributed by atoms with E-state index in [1.807, 2.05) is 0 Å². The van der Waals surface area contributed by atoms with Crippen LogP contribution in [0.15, 0.2) is 24.5 Å². The van der Waals surface area contributed by atoms with Crippen LogP contribution in [-0.4, -0.2) is 44.7 Å². The molecule has 0 atom stereocenters. The van der Waals surface area contributed by atoms with Crippen LogP contribution in [0.4, 0.5) is 4.39 Å². The van der Waals surface area contributed by atoms with Crippen molar-refractivity contribution in [2.24, 2.45) is 0 Å².